The molecular weight excluding hydrogens is 314 g/mol. The summed E-state index contributed by atoms with van der Waals surface area (Å²) in [5.74, 6) is 0. The Bertz CT molecular complexity index is 699. The molecule has 0 spiro atoms. The third-order valence-corrected chi connectivity index (χ3v) is 3.64. The minimum Gasteiger partial charge on any atom is -0.264 e. The highest BCUT2D eigenvalue weighted by atomic mass is 79.9. The summed E-state index contributed by atoms with van der Waals surface area (Å²) in [6, 6.07) is 10.0. The van der Waals surface area contributed by atoms with Gasteiger partial charge in [0, 0.05) is 53.0 Å². The average molecular weight is 326 g/mol. The van der Waals surface area contributed by atoms with E-state index < -0.39 is 0 Å². The van der Waals surface area contributed by atoms with Gasteiger partial charge in [-0.25, -0.2) is 0 Å². The first-order chi connectivity index (χ1) is 9.88. The Balaban J connectivity index is 2.07. The van der Waals surface area contributed by atoms with E-state index in [0.717, 1.165) is 33.3 Å². The summed E-state index contributed by atoms with van der Waals surface area (Å²) < 4.78 is 0. The molecule has 0 fully saturated rings. The molecule has 0 aliphatic carbocycles. The van der Waals surface area contributed by atoms with Crippen LogP contribution in [0.15, 0.2) is 61.3 Å². The summed E-state index contributed by atoms with van der Waals surface area (Å²) in [5.41, 5.74) is 5.27. The zero-order valence-electron chi connectivity index (χ0n) is 10.7. The van der Waals surface area contributed by atoms with Gasteiger partial charge in [-0.15, -0.1) is 0 Å². The fraction of sp³-hybridized carbons (Fsp3) is 0.0625. The Labute approximate surface area is 125 Å². The van der Waals surface area contributed by atoms with Crippen LogP contribution in [0.1, 0.15) is 5.56 Å². The molecular formula is C16H12BrN3. The Hall–Kier alpha value is -2.07. The van der Waals surface area contributed by atoms with Crippen molar-refractivity contribution in [3.05, 3.63) is 66.9 Å². The zero-order chi connectivity index (χ0) is 13.8. The molecule has 0 aliphatic rings. The van der Waals surface area contributed by atoms with Crippen molar-refractivity contribution in [1.29, 1.82) is 0 Å². The summed E-state index contributed by atoms with van der Waals surface area (Å²) in [4.78, 5) is 12.9. The third kappa shape index (κ3) is 2.60. The Morgan fingerprint density at radius 3 is 2.15 bits per heavy atom. The maximum atomic E-state index is 4.60. The number of pyridine rings is 3. The van der Waals surface area contributed by atoms with E-state index in [4.69, 9.17) is 0 Å². The molecule has 4 heteroatoms. The summed E-state index contributed by atoms with van der Waals surface area (Å²) >= 11 is 3.54. The van der Waals surface area contributed by atoms with E-state index in [1.54, 1.807) is 12.4 Å². The van der Waals surface area contributed by atoms with E-state index in [1.165, 1.54) is 0 Å². The Kier molecular flexibility index (Phi) is 3.83. The average Bonchev–Trinajstić information content (AvgIpc) is 2.56. The van der Waals surface area contributed by atoms with Crippen LogP contribution in [0.5, 0.6) is 0 Å². The highest BCUT2D eigenvalue weighted by Crippen LogP contribution is 2.27. The number of rotatable bonds is 3. The molecule has 3 rings (SSSR count). The smallest absolute Gasteiger partial charge is 0.0758 e. The van der Waals surface area contributed by atoms with E-state index >= 15 is 0 Å². The summed E-state index contributed by atoms with van der Waals surface area (Å²) in [6.07, 6.45) is 9.09. The van der Waals surface area contributed by atoms with Gasteiger partial charge in [-0.2, -0.15) is 0 Å². The Morgan fingerprint density at radius 2 is 1.55 bits per heavy atom. The number of hydrogen-bond donors (Lipinski definition) is 0. The van der Waals surface area contributed by atoms with Gasteiger partial charge in [0.1, 0.15) is 0 Å². The molecule has 3 aromatic heterocycles. The molecule has 0 saturated heterocycles. The lowest BCUT2D eigenvalue weighted by Crippen LogP contribution is -1.93. The number of hydrogen-bond acceptors (Lipinski definition) is 3. The lowest BCUT2D eigenvalue weighted by Gasteiger charge is -2.09. The van der Waals surface area contributed by atoms with Gasteiger partial charge in [-0.1, -0.05) is 22.0 Å². The predicted molar refractivity (Wildman–Crippen MR) is 83.3 cm³/mol. The van der Waals surface area contributed by atoms with Crippen LogP contribution >= 0.6 is 15.9 Å². The molecule has 0 unspecified atom stereocenters. The van der Waals surface area contributed by atoms with Gasteiger partial charge in [0.15, 0.2) is 0 Å². The first kappa shape index (κ1) is 12.9. The van der Waals surface area contributed by atoms with Crippen molar-refractivity contribution in [2.75, 3.05) is 0 Å². The SMILES string of the molecule is BrCc1cc(-c2cccnc2)cnc1-c1cccnc1. The van der Waals surface area contributed by atoms with Gasteiger partial charge in [0.2, 0.25) is 0 Å². The van der Waals surface area contributed by atoms with Crippen molar-refractivity contribution in [3.8, 4) is 22.4 Å². The van der Waals surface area contributed by atoms with Crippen molar-refractivity contribution in [3.63, 3.8) is 0 Å². The van der Waals surface area contributed by atoms with E-state index in [0.29, 0.717) is 0 Å². The second kappa shape index (κ2) is 5.92. The number of halogens is 1. The van der Waals surface area contributed by atoms with Crippen LogP contribution in [0.3, 0.4) is 0 Å². The van der Waals surface area contributed by atoms with Crippen LogP contribution in [0.4, 0.5) is 0 Å². The molecule has 3 aromatic rings. The molecule has 0 atom stereocenters. The summed E-state index contributed by atoms with van der Waals surface area (Å²) in [6.45, 7) is 0. The van der Waals surface area contributed by atoms with Crippen LogP contribution in [-0.4, -0.2) is 15.0 Å². The highest BCUT2D eigenvalue weighted by Gasteiger charge is 2.08. The normalized spacial score (nSPS) is 10.4. The largest absolute Gasteiger partial charge is 0.264 e. The van der Waals surface area contributed by atoms with Crippen LogP contribution < -0.4 is 0 Å². The van der Waals surface area contributed by atoms with Crippen molar-refractivity contribution in [1.82, 2.24) is 15.0 Å². The molecule has 3 nitrogen and oxygen atoms in total. The van der Waals surface area contributed by atoms with Crippen molar-refractivity contribution in [2.45, 2.75) is 5.33 Å². The van der Waals surface area contributed by atoms with Crippen molar-refractivity contribution < 1.29 is 0 Å². The second-order valence-corrected chi connectivity index (χ2v) is 4.91. The summed E-state index contributed by atoms with van der Waals surface area (Å²) in [5, 5.41) is 0.748. The molecule has 3 heterocycles. The quantitative estimate of drug-likeness (QED) is 0.680. The number of aromatic nitrogens is 3. The zero-order valence-corrected chi connectivity index (χ0v) is 12.3. The molecule has 0 aromatic carbocycles. The molecule has 0 amide bonds. The molecule has 0 radical (unpaired) electrons. The molecule has 0 aliphatic heterocycles. The van der Waals surface area contributed by atoms with E-state index in [1.807, 2.05) is 42.9 Å². The first-order valence-corrected chi connectivity index (χ1v) is 7.36. The molecule has 98 valence electrons. The molecule has 0 N–H and O–H groups in total. The predicted octanol–water partition coefficient (Wildman–Crippen LogP) is 4.10. The maximum absolute atomic E-state index is 4.60. The standard InChI is InChI=1S/C16H12BrN3/c17-8-14-7-15(12-3-1-5-18-9-12)11-20-16(14)13-4-2-6-19-10-13/h1-7,9-11H,8H2. The van der Waals surface area contributed by atoms with Crippen molar-refractivity contribution in [2.24, 2.45) is 0 Å². The number of alkyl halides is 1. The van der Waals surface area contributed by atoms with Crippen LogP contribution in [0, 0.1) is 0 Å². The van der Waals surface area contributed by atoms with Crippen LogP contribution in [-0.2, 0) is 5.33 Å². The fourth-order valence-corrected chi connectivity index (χ4v) is 2.49. The lowest BCUT2D eigenvalue weighted by molar-refractivity contribution is 1.23. The van der Waals surface area contributed by atoms with Gasteiger partial charge in [-0.05, 0) is 29.8 Å². The highest BCUT2D eigenvalue weighted by molar-refractivity contribution is 9.08. The van der Waals surface area contributed by atoms with Gasteiger partial charge in [0.25, 0.3) is 0 Å². The molecule has 0 bridgehead atoms. The Morgan fingerprint density at radius 1 is 0.850 bits per heavy atom. The third-order valence-electron chi connectivity index (χ3n) is 3.04. The van der Waals surface area contributed by atoms with Gasteiger partial charge in [-0.3, -0.25) is 15.0 Å². The lowest BCUT2D eigenvalue weighted by atomic mass is 10.0. The topological polar surface area (TPSA) is 38.7 Å². The van der Waals surface area contributed by atoms with Crippen LogP contribution in [0.25, 0.3) is 22.4 Å². The van der Waals surface area contributed by atoms with Crippen molar-refractivity contribution >= 4 is 15.9 Å². The first-order valence-electron chi connectivity index (χ1n) is 6.24. The minimum atomic E-state index is 0.748. The summed E-state index contributed by atoms with van der Waals surface area (Å²) in [7, 11) is 0. The monoisotopic (exact) mass is 325 g/mol. The maximum Gasteiger partial charge on any atom is 0.0758 e. The van der Waals surface area contributed by atoms with Gasteiger partial charge in [0.05, 0.1) is 5.69 Å². The van der Waals surface area contributed by atoms with E-state index in [9.17, 15) is 0 Å². The fourth-order valence-electron chi connectivity index (χ4n) is 2.07. The van der Waals surface area contributed by atoms with Crippen LogP contribution in [0.2, 0.25) is 0 Å². The van der Waals surface area contributed by atoms with Gasteiger partial charge >= 0.3 is 0 Å². The van der Waals surface area contributed by atoms with E-state index in [2.05, 4.69) is 36.9 Å². The molecule has 0 saturated carbocycles. The van der Waals surface area contributed by atoms with E-state index in [-0.39, 0.29) is 0 Å². The van der Waals surface area contributed by atoms with Gasteiger partial charge < -0.3 is 0 Å². The number of nitrogens with zero attached hydrogens (tertiary/aromatic N) is 3. The minimum absolute atomic E-state index is 0.748. The molecule has 20 heavy (non-hydrogen) atoms. The second-order valence-electron chi connectivity index (χ2n) is 4.35.